The molecule has 2 aromatic carbocycles. The van der Waals surface area contributed by atoms with Crippen molar-refractivity contribution in [3.8, 4) is 0 Å². The first-order valence-corrected chi connectivity index (χ1v) is 9.79. The minimum Gasteiger partial charge on any atom is -0.376 e. The standard InChI is InChI=1S/C22H26N4O3/c1-3-23-21(28)16-5-4-6-17(11-16)25-20(27)13-24-19-12-18(10-7-14(19)2)26-22(29)15-8-9-15/h4-7,10-12,15,24H,3,8-9,13H2,1-2H3,(H,23,28)(H,25,27)(H,26,29). The number of benzene rings is 2. The van der Waals surface area contributed by atoms with Gasteiger partial charge in [0.2, 0.25) is 11.8 Å². The van der Waals surface area contributed by atoms with Crippen LogP contribution in [0.1, 0.15) is 35.7 Å². The van der Waals surface area contributed by atoms with Gasteiger partial charge in [-0.3, -0.25) is 14.4 Å². The van der Waals surface area contributed by atoms with Gasteiger partial charge in [0.15, 0.2) is 0 Å². The highest BCUT2D eigenvalue weighted by Gasteiger charge is 2.29. The molecule has 7 nitrogen and oxygen atoms in total. The molecule has 7 heteroatoms. The molecular weight excluding hydrogens is 368 g/mol. The molecular formula is C22H26N4O3. The number of carbonyl (C=O) groups excluding carboxylic acids is 3. The molecule has 1 fully saturated rings. The first-order valence-electron chi connectivity index (χ1n) is 9.79. The molecule has 0 saturated heterocycles. The Morgan fingerprint density at radius 2 is 1.76 bits per heavy atom. The van der Waals surface area contributed by atoms with Crippen LogP contribution in [-0.2, 0) is 9.59 Å². The third kappa shape index (κ3) is 5.81. The highest BCUT2D eigenvalue weighted by Crippen LogP contribution is 2.30. The number of aryl methyl sites for hydroxylation is 1. The summed E-state index contributed by atoms with van der Waals surface area (Å²) in [6, 6.07) is 12.4. The summed E-state index contributed by atoms with van der Waals surface area (Å²) in [7, 11) is 0. The first-order chi connectivity index (χ1) is 14.0. The van der Waals surface area contributed by atoms with Gasteiger partial charge in [-0.05, 0) is 62.6 Å². The smallest absolute Gasteiger partial charge is 0.251 e. The Balaban J connectivity index is 1.57. The molecule has 0 aromatic heterocycles. The Hall–Kier alpha value is -3.35. The van der Waals surface area contributed by atoms with E-state index >= 15 is 0 Å². The Kier molecular flexibility index (Phi) is 6.49. The van der Waals surface area contributed by atoms with Crippen molar-refractivity contribution in [1.29, 1.82) is 0 Å². The van der Waals surface area contributed by atoms with Crippen molar-refractivity contribution in [2.75, 3.05) is 29.0 Å². The topological polar surface area (TPSA) is 99.3 Å². The summed E-state index contributed by atoms with van der Waals surface area (Å²) in [5.41, 5.74) is 3.52. The fraction of sp³-hybridized carbons (Fsp3) is 0.318. The van der Waals surface area contributed by atoms with Crippen LogP contribution in [0.4, 0.5) is 17.1 Å². The number of amides is 3. The van der Waals surface area contributed by atoms with Crippen LogP contribution in [0, 0.1) is 12.8 Å². The van der Waals surface area contributed by atoms with E-state index in [9.17, 15) is 14.4 Å². The van der Waals surface area contributed by atoms with Crippen LogP contribution >= 0.6 is 0 Å². The average Bonchev–Trinajstić information content (AvgIpc) is 3.54. The SMILES string of the molecule is CCNC(=O)c1cccc(NC(=O)CNc2cc(NC(=O)C3CC3)ccc2C)c1. The van der Waals surface area contributed by atoms with E-state index in [0.717, 1.165) is 24.1 Å². The van der Waals surface area contributed by atoms with Gasteiger partial charge >= 0.3 is 0 Å². The number of nitrogens with one attached hydrogen (secondary N) is 4. The van der Waals surface area contributed by atoms with Crippen molar-refractivity contribution >= 4 is 34.8 Å². The maximum absolute atomic E-state index is 12.3. The Morgan fingerprint density at radius 1 is 1.00 bits per heavy atom. The van der Waals surface area contributed by atoms with Gasteiger partial charge in [-0.25, -0.2) is 0 Å². The number of carbonyl (C=O) groups is 3. The van der Waals surface area contributed by atoms with E-state index in [1.165, 1.54) is 0 Å². The van der Waals surface area contributed by atoms with Crippen molar-refractivity contribution in [3.05, 3.63) is 53.6 Å². The largest absolute Gasteiger partial charge is 0.376 e. The second-order valence-corrected chi connectivity index (χ2v) is 7.14. The minimum atomic E-state index is -0.232. The third-order valence-corrected chi connectivity index (χ3v) is 4.64. The number of anilines is 3. The lowest BCUT2D eigenvalue weighted by Gasteiger charge is -2.13. The van der Waals surface area contributed by atoms with Crippen LogP contribution in [0.3, 0.4) is 0 Å². The zero-order valence-electron chi connectivity index (χ0n) is 16.7. The van der Waals surface area contributed by atoms with Gasteiger partial charge < -0.3 is 21.3 Å². The van der Waals surface area contributed by atoms with Crippen molar-refractivity contribution in [3.63, 3.8) is 0 Å². The summed E-state index contributed by atoms with van der Waals surface area (Å²) in [5.74, 6) is -0.231. The predicted octanol–water partition coefficient (Wildman–Crippen LogP) is 3.14. The van der Waals surface area contributed by atoms with Gasteiger partial charge in [0.05, 0.1) is 6.54 Å². The third-order valence-electron chi connectivity index (χ3n) is 4.64. The Morgan fingerprint density at radius 3 is 2.48 bits per heavy atom. The Bertz CT molecular complexity index is 922. The highest BCUT2D eigenvalue weighted by molar-refractivity contribution is 5.98. The quantitative estimate of drug-likeness (QED) is 0.553. The van der Waals surface area contributed by atoms with Gasteiger partial charge in [-0.15, -0.1) is 0 Å². The maximum Gasteiger partial charge on any atom is 0.251 e. The summed E-state index contributed by atoms with van der Waals surface area (Å²) in [4.78, 5) is 36.2. The van der Waals surface area contributed by atoms with Crippen molar-refractivity contribution in [2.45, 2.75) is 26.7 Å². The van der Waals surface area contributed by atoms with Crippen molar-refractivity contribution < 1.29 is 14.4 Å². The normalized spacial score (nSPS) is 12.8. The maximum atomic E-state index is 12.3. The lowest BCUT2D eigenvalue weighted by atomic mass is 10.1. The highest BCUT2D eigenvalue weighted by atomic mass is 16.2. The van der Waals surface area contributed by atoms with E-state index in [-0.39, 0.29) is 30.2 Å². The molecule has 0 heterocycles. The zero-order valence-corrected chi connectivity index (χ0v) is 16.7. The molecule has 3 amide bonds. The molecule has 0 atom stereocenters. The predicted molar refractivity (Wildman–Crippen MR) is 114 cm³/mol. The summed E-state index contributed by atoms with van der Waals surface area (Å²) in [6.45, 7) is 4.39. The second kappa shape index (κ2) is 9.23. The van der Waals surface area contributed by atoms with Gasteiger partial charge in [0, 0.05) is 35.1 Å². The molecule has 2 aromatic rings. The lowest BCUT2D eigenvalue weighted by Crippen LogP contribution is -2.24. The van der Waals surface area contributed by atoms with E-state index in [4.69, 9.17) is 0 Å². The molecule has 0 radical (unpaired) electrons. The van der Waals surface area contributed by atoms with E-state index in [0.29, 0.717) is 23.5 Å². The van der Waals surface area contributed by atoms with Gasteiger partial charge in [0.1, 0.15) is 0 Å². The molecule has 0 aliphatic heterocycles. The minimum absolute atomic E-state index is 0.0459. The molecule has 3 rings (SSSR count). The van der Waals surface area contributed by atoms with Crippen LogP contribution < -0.4 is 21.3 Å². The zero-order chi connectivity index (χ0) is 20.8. The molecule has 0 spiro atoms. The number of hydrogen-bond acceptors (Lipinski definition) is 4. The van der Waals surface area contributed by atoms with E-state index in [2.05, 4.69) is 21.3 Å². The van der Waals surface area contributed by atoms with E-state index < -0.39 is 0 Å². The van der Waals surface area contributed by atoms with Crippen LogP contribution in [0.15, 0.2) is 42.5 Å². The lowest BCUT2D eigenvalue weighted by molar-refractivity contribution is -0.117. The molecule has 152 valence electrons. The number of hydrogen-bond donors (Lipinski definition) is 4. The van der Waals surface area contributed by atoms with Crippen molar-refractivity contribution in [1.82, 2.24) is 5.32 Å². The summed E-state index contributed by atoms with van der Waals surface area (Å²) >= 11 is 0. The van der Waals surface area contributed by atoms with Crippen molar-refractivity contribution in [2.24, 2.45) is 5.92 Å². The number of rotatable bonds is 8. The average molecular weight is 394 g/mol. The molecule has 1 aliphatic rings. The van der Waals surface area contributed by atoms with E-state index in [1.807, 2.05) is 32.0 Å². The summed E-state index contributed by atoms with van der Waals surface area (Å²) < 4.78 is 0. The molecule has 1 aliphatic carbocycles. The fourth-order valence-corrected chi connectivity index (χ4v) is 2.86. The second-order valence-electron chi connectivity index (χ2n) is 7.14. The molecule has 0 unspecified atom stereocenters. The fourth-order valence-electron chi connectivity index (χ4n) is 2.86. The first kappa shape index (κ1) is 20.4. The molecule has 0 bridgehead atoms. The molecule has 1 saturated carbocycles. The summed E-state index contributed by atoms with van der Waals surface area (Å²) in [6.07, 6.45) is 1.90. The van der Waals surface area contributed by atoms with Crippen LogP contribution in [0.2, 0.25) is 0 Å². The monoisotopic (exact) mass is 394 g/mol. The van der Waals surface area contributed by atoms with Gasteiger partial charge in [-0.2, -0.15) is 0 Å². The van der Waals surface area contributed by atoms with Crippen LogP contribution in [0.25, 0.3) is 0 Å². The van der Waals surface area contributed by atoms with Crippen LogP contribution in [-0.4, -0.2) is 30.8 Å². The molecule has 29 heavy (non-hydrogen) atoms. The van der Waals surface area contributed by atoms with E-state index in [1.54, 1.807) is 24.3 Å². The van der Waals surface area contributed by atoms with Gasteiger partial charge in [-0.1, -0.05) is 12.1 Å². The van der Waals surface area contributed by atoms with Crippen LogP contribution in [0.5, 0.6) is 0 Å². The van der Waals surface area contributed by atoms with Gasteiger partial charge in [0.25, 0.3) is 5.91 Å². The Labute approximate surface area is 170 Å². The molecule has 4 N–H and O–H groups in total. The summed E-state index contributed by atoms with van der Waals surface area (Å²) in [5, 5.41) is 11.5.